The maximum atomic E-state index is 10.7. The van der Waals surface area contributed by atoms with Gasteiger partial charge in [-0.15, -0.1) is 0 Å². The van der Waals surface area contributed by atoms with Crippen molar-refractivity contribution >= 4 is 6.09 Å². The summed E-state index contributed by atoms with van der Waals surface area (Å²) >= 11 is 0. The lowest BCUT2D eigenvalue weighted by Crippen LogP contribution is -2.33. The number of rotatable bonds is 5. The normalized spacial score (nSPS) is 13.1. The molecule has 1 atom stereocenters. The Morgan fingerprint density at radius 3 is 2.39 bits per heavy atom. The van der Waals surface area contributed by atoms with Crippen LogP contribution < -0.4 is 11.5 Å². The zero-order valence-electron chi connectivity index (χ0n) is 10.7. The molecule has 18 heavy (non-hydrogen) atoms. The van der Waals surface area contributed by atoms with Crippen LogP contribution in [-0.2, 0) is 11.2 Å². The van der Waals surface area contributed by atoms with E-state index in [9.17, 15) is 4.79 Å². The van der Waals surface area contributed by atoms with Crippen LogP contribution in [0.5, 0.6) is 0 Å². The molecule has 0 spiro atoms. The minimum absolute atomic E-state index is 0.0877. The average molecular weight is 252 g/mol. The summed E-state index contributed by atoms with van der Waals surface area (Å²) in [5, 5.41) is 8.95. The van der Waals surface area contributed by atoms with Crippen LogP contribution >= 0.6 is 0 Å². The number of carbonyl (C=O) groups is 1. The van der Waals surface area contributed by atoms with Gasteiger partial charge in [-0.25, -0.2) is 4.79 Å². The standard InChI is InChI=1S/C13H20N2O3/c1-13(2,18-12(15)17)7-9-3-5-10(6-4-9)11(14)8-16/h3-6,11,16H,7-8,14H2,1-2H3,(H2,15,17)/t11-/m1/s1. The Balaban J connectivity index is 2.71. The van der Waals surface area contributed by atoms with Gasteiger partial charge in [0.25, 0.3) is 0 Å². The van der Waals surface area contributed by atoms with Crippen LogP contribution in [0, 0.1) is 0 Å². The lowest BCUT2D eigenvalue weighted by Gasteiger charge is -2.24. The van der Waals surface area contributed by atoms with E-state index in [0.29, 0.717) is 6.42 Å². The summed E-state index contributed by atoms with van der Waals surface area (Å²) < 4.78 is 5.01. The van der Waals surface area contributed by atoms with Gasteiger partial charge < -0.3 is 21.3 Å². The number of benzene rings is 1. The molecule has 0 aliphatic heterocycles. The van der Waals surface area contributed by atoms with Crippen LogP contribution in [0.3, 0.4) is 0 Å². The number of aliphatic hydroxyl groups is 1. The third-order valence-electron chi connectivity index (χ3n) is 2.61. The van der Waals surface area contributed by atoms with Crippen LogP contribution in [-0.4, -0.2) is 23.4 Å². The number of primary amides is 1. The second-order valence-corrected chi connectivity index (χ2v) is 4.89. The lowest BCUT2D eigenvalue weighted by atomic mass is 9.96. The Morgan fingerprint density at radius 2 is 1.94 bits per heavy atom. The SMILES string of the molecule is CC(C)(Cc1ccc([C@H](N)CO)cc1)OC(N)=O. The van der Waals surface area contributed by atoms with Gasteiger partial charge in [0.15, 0.2) is 0 Å². The van der Waals surface area contributed by atoms with Crippen LogP contribution in [0.25, 0.3) is 0 Å². The van der Waals surface area contributed by atoms with E-state index in [1.165, 1.54) is 0 Å². The van der Waals surface area contributed by atoms with Crippen molar-refractivity contribution in [2.45, 2.75) is 31.9 Å². The summed E-state index contributed by atoms with van der Waals surface area (Å²) in [5.74, 6) is 0. The highest BCUT2D eigenvalue weighted by atomic mass is 16.6. The van der Waals surface area contributed by atoms with Crippen molar-refractivity contribution in [1.29, 1.82) is 0 Å². The van der Waals surface area contributed by atoms with Gasteiger partial charge in [0.2, 0.25) is 0 Å². The van der Waals surface area contributed by atoms with Crippen molar-refractivity contribution < 1.29 is 14.6 Å². The Kier molecular flexibility index (Phi) is 4.69. The van der Waals surface area contributed by atoms with Gasteiger partial charge in [-0.3, -0.25) is 0 Å². The van der Waals surface area contributed by atoms with Crippen molar-refractivity contribution in [3.8, 4) is 0 Å². The predicted molar refractivity (Wildman–Crippen MR) is 68.9 cm³/mol. The van der Waals surface area contributed by atoms with Crippen LogP contribution in [0.15, 0.2) is 24.3 Å². The largest absolute Gasteiger partial charge is 0.443 e. The Morgan fingerprint density at radius 1 is 1.39 bits per heavy atom. The molecule has 0 saturated heterocycles. The molecule has 0 bridgehead atoms. The van der Waals surface area contributed by atoms with E-state index < -0.39 is 11.7 Å². The maximum Gasteiger partial charge on any atom is 0.405 e. The van der Waals surface area contributed by atoms with Gasteiger partial charge in [-0.1, -0.05) is 24.3 Å². The third-order valence-corrected chi connectivity index (χ3v) is 2.61. The van der Waals surface area contributed by atoms with Gasteiger partial charge in [-0.2, -0.15) is 0 Å². The number of ether oxygens (including phenoxy) is 1. The molecular weight excluding hydrogens is 232 g/mol. The molecule has 1 rings (SSSR count). The Hall–Kier alpha value is -1.59. The zero-order valence-corrected chi connectivity index (χ0v) is 10.7. The fourth-order valence-corrected chi connectivity index (χ4v) is 1.79. The molecule has 0 saturated carbocycles. The first-order valence-electron chi connectivity index (χ1n) is 5.78. The Labute approximate surface area is 107 Å². The first-order valence-corrected chi connectivity index (χ1v) is 5.78. The van der Waals surface area contributed by atoms with Crippen molar-refractivity contribution in [2.24, 2.45) is 11.5 Å². The van der Waals surface area contributed by atoms with E-state index in [-0.39, 0.29) is 12.6 Å². The molecule has 0 radical (unpaired) electrons. The molecule has 0 unspecified atom stereocenters. The van der Waals surface area contributed by atoms with E-state index in [2.05, 4.69) is 0 Å². The molecule has 0 fully saturated rings. The number of nitrogens with two attached hydrogens (primary N) is 2. The molecule has 5 heteroatoms. The van der Waals surface area contributed by atoms with Crippen LogP contribution in [0.1, 0.15) is 31.0 Å². The van der Waals surface area contributed by atoms with Crippen molar-refractivity contribution in [1.82, 2.24) is 0 Å². The van der Waals surface area contributed by atoms with Gasteiger partial charge in [-0.05, 0) is 25.0 Å². The first kappa shape index (κ1) is 14.5. The summed E-state index contributed by atoms with van der Waals surface area (Å²) in [7, 11) is 0. The van der Waals surface area contributed by atoms with Crippen molar-refractivity contribution in [3.63, 3.8) is 0 Å². The fraction of sp³-hybridized carbons (Fsp3) is 0.462. The first-order chi connectivity index (χ1) is 8.34. The number of aliphatic hydroxyl groups excluding tert-OH is 1. The third kappa shape index (κ3) is 4.35. The fourth-order valence-electron chi connectivity index (χ4n) is 1.79. The molecule has 5 N–H and O–H groups in total. The molecule has 1 aromatic carbocycles. The minimum Gasteiger partial charge on any atom is -0.443 e. The van der Waals surface area contributed by atoms with E-state index in [0.717, 1.165) is 11.1 Å². The summed E-state index contributed by atoms with van der Waals surface area (Å²) in [5.41, 5.74) is 11.9. The monoisotopic (exact) mass is 252 g/mol. The topological polar surface area (TPSA) is 98.6 Å². The van der Waals surface area contributed by atoms with Gasteiger partial charge in [0.1, 0.15) is 5.60 Å². The number of amides is 1. The molecule has 0 heterocycles. The molecule has 1 amide bonds. The smallest absolute Gasteiger partial charge is 0.405 e. The van der Waals surface area contributed by atoms with E-state index in [1.807, 2.05) is 24.3 Å². The number of carbonyl (C=O) groups excluding carboxylic acids is 1. The summed E-state index contributed by atoms with van der Waals surface area (Å²) in [6, 6.07) is 7.15. The van der Waals surface area contributed by atoms with Crippen LogP contribution in [0.2, 0.25) is 0 Å². The lowest BCUT2D eigenvalue weighted by molar-refractivity contribution is 0.0460. The molecular formula is C13H20N2O3. The highest BCUT2D eigenvalue weighted by Gasteiger charge is 2.22. The summed E-state index contributed by atoms with van der Waals surface area (Å²) in [6.07, 6.45) is -0.219. The summed E-state index contributed by atoms with van der Waals surface area (Å²) in [6.45, 7) is 3.51. The molecule has 0 aliphatic rings. The van der Waals surface area contributed by atoms with Gasteiger partial charge in [0.05, 0.1) is 12.6 Å². The van der Waals surface area contributed by atoms with E-state index in [1.54, 1.807) is 13.8 Å². The van der Waals surface area contributed by atoms with E-state index >= 15 is 0 Å². The molecule has 5 nitrogen and oxygen atoms in total. The molecule has 1 aromatic rings. The quantitative estimate of drug-likeness (QED) is 0.730. The number of hydrogen-bond donors (Lipinski definition) is 3. The highest BCUT2D eigenvalue weighted by molar-refractivity contribution is 5.65. The second kappa shape index (κ2) is 5.84. The van der Waals surface area contributed by atoms with Gasteiger partial charge >= 0.3 is 6.09 Å². The van der Waals surface area contributed by atoms with Crippen LogP contribution in [0.4, 0.5) is 4.79 Å². The minimum atomic E-state index is -0.779. The second-order valence-electron chi connectivity index (χ2n) is 4.89. The van der Waals surface area contributed by atoms with Crippen molar-refractivity contribution in [2.75, 3.05) is 6.61 Å². The highest BCUT2D eigenvalue weighted by Crippen LogP contribution is 2.19. The predicted octanol–water partition coefficient (Wildman–Crippen LogP) is 1.10. The maximum absolute atomic E-state index is 10.7. The summed E-state index contributed by atoms with van der Waals surface area (Å²) in [4.78, 5) is 10.7. The zero-order chi connectivity index (χ0) is 13.8. The average Bonchev–Trinajstić information content (AvgIpc) is 2.26. The Bertz CT molecular complexity index is 401. The molecule has 100 valence electrons. The number of hydrogen-bond acceptors (Lipinski definition) is 4. The molecule has 0 aromatic heterocycles. The van der Waals surface area contributed by atoms with Crippen molar-refractivity contribution in [3.05, 3.63) is 35.4 Å². The van der Waals surface area contributed by atoms with E-state index in [4.69, 9.17) is 21.3 Å². The van der Waals surface area contributed by atoms with Gasteiger partial charge in [0, 0.05) is 6.42 Å². The molecule has 0 aliphatic carbocycles.